The average molecular weight is 166 g/mol. The Morgan fingerprint density at radius 1 is 1.20 bits per heavy atom. The van der Waals surface area contributed by atoms with Gasteiger partial charge in [-0.1, -0.05) is 0 Å². The topological polar surface area (TPSA) is 29.5 Å². The van der Waals surface area contributed by atoms with Crippen LogP contribution in [0.1, 0.15) is 0 Å². The maximum absolute atomic E-state index is 11.1. The van der Waals surface area contributed by atoms with Crippen LogP contribution in [-0.4, -0.2) is 24.2 Å². The maximum Gasteiger partial charge on any atom is 0.524 e. The molecule has 0 saturated carbocycles. The third-order valence-electron chi connectivity index (χ3n) is 0.470. The Labute approximate surface area is 52.2 Å². The summed E-state index contributed by atoms with van der Waals surface area (Å²) in [7, 11) is 0. The van der Waals surface area contributed by atoms with Crippen molar-refractivity contribution in [1.29, 1.82) is 0 Å². The van der Waals surface area contributed by atoms with Gasteiger partial charge in [0.2, 0.25) is 6.29 Å². The lowest BCUT2D eigenvalue weighted by molar-refractivity contribution is -0.387. The van der Waals surface area contributed by atoms with Gasteiger partial charge in [-0.15, -0.1) is 13.2 Å². The molecule has 0 spiro atoms. The second-order valence-electron chi connectivity index (χ2n) is 1.29. The van der Waals surface area contributed by atoms with Crippen molar-refractivity contribution >= 4 is 0 Å². The summed E-state index contributed by atoms with van der Waals surface area (Å²) < 4.78 is 57.5. The van der Waals surface area contributed by atoms with E-state index < -0.39 is 19.1 Å². The molecule has 0 rings (SSSR count). The Bertz CT molecular complexity index is 99.6. The number of rotatable bonds is 2. The molecule has 1 unspecified atom stereocenters. The normalized spacial score (nSPS) is 15.9. The molecule has 2 nitrogen and oxygen atoms in total. The lowest BCUT2D eigenvalue weighted by atomic mass is 10.7. The van der Waals surface area contributed by atoms with Gasteiger partial charge in [-0.25, -0.2) is 8.78 Å². The Morgan fingerprint density at radius 2 is 1.60 bits per heavy atom. The Balaban J connectivity index is 3.68. The van der Waals surface area contributed by atoms with E-state index in [0.717, 1.165) is 0 Å². The summed E-state index contributed by atoms with van der Waals surface area (Å²) in [5, 5.41) is 7.77. The van der Waals surface area contributed by atoms with E-state index in [-0.39, 0.29) is 0 Å². The summed E-state index contributed by atoms with van der Waals surface area (Å²) in [5.41, 5.74) is 0. The fourth-order valence-corrected chi connectivity index (χ4v) is 0.188. The first-order valence-corrected chi connectivity index (χ1v) is 2.03. The minimum absolute atomic E-state index is 2.50. The highest BCUT2D eigenvalue weighted by Crippen LogP contribution is 2.20. The van der Waals surface area contributed by atoms with E-state index in [2.05, 4.69) is 4.74 Å². The van der Waals surface area contributed by atoms with Crippen LogP contribution in [0.3, 0.4) is 0 Å². The van der Waals surface area contributed by atoms with Crippen molar-refractivity contribution < 1.29 is 31.8 Å². The second kappa shape index (κ2) is 3.11. The maximum atomic E-state index is 11.1. The number of hydrogen-bond donors (Lipinski definition) is 1. The molecule has 7 heteroatoms. The van der Waals surface area contributed by atoms with Crippen LogP contribution >= 0.6 is 0 Å². The van der Waals surface area contributed by atoms with Gasteiger partial charge >= 0.3 is 6.36 Å². The van der Waals surface area contributed by atoms with Gasteiger partial charge < -0.3 is 5.11 Å². The van der Waals surface area contributed by atoms with Gasteiger partial charge in [-0.05, 0) is 0 Å². The summed E-state index contributed by atoms with van der Waals surface area (Å²) in [4.78, 5) is 0. The standard InChI is InChI=1S/C3H3F5O2/c4-1(5)2(9)10-3(6,7)8/h1-2,9H. The number of alkyl halides is 5. The van der Waals surface area contributed by atoms with E-state index in [1.807, 2.05) is 0 Å². The Hall–Kier alpha value is -0.430. The van der Waals surface area contributed by atoms with Crippen molar-refractivity contribution in [1.82, 2.24) is 0 Å². The quantitative estimate of drug-likeness (QED) is 0.491. The van der Waals surface area contributed by atoms with Gasteiger partial charge in [0.25, 0.3) is 6.43 Å². The van der Waals surface area contributed by atoms with Gasteiger partial charge in [0.1, 0.15) is 0 Å². The van der Waals surface area contributed by atoms with Gasteiger partial charge in [-0.2, -0.15) is 0 Å². The SMILES string of the molecule is OC(OC(F)(F)F)C(F)F. The monoisotopic (exact) mass is 166 g/mol. The van der Waals surface area contributed by atoms with Crippen LogP contribution in [0, 0.1) is 0 Å². The highest BCUT2D eigenvalue weighted by atomic mass is 19.4. The predicted octanol–water partition coefficient (Wildman–Crippen LogP) is 1.11. The third-order valence-corrected chi connectivity index (χ3v) is 0.470. The van der Waals surface area contributed by atoms with Gasteiger partial charge in [0.15, 0.2) is 0 Å². The zero-order valence-electron chi connectivity index (χ0n) is 4.40. The fourth-order valence-electron chi connectivity index (χ4n) is 0.188. The first kappa shape index (κ1) is 9.57. The molecule has 0 radical (unpaired) electrons. The molecule has 0 fully saturated rings. The number of halogens is 5. The highest BCUT2D eigenvalue weighted by Gasteiger charge is 2.36. The lowest BCUT2D eigenvalue weighted by Crippen LogP contribution is -2.29. The molecule has 1 atom stereocenters. The number of ether oxygens (including phenoxy) is 1. The Morgan fingerprint density at radius 3 is 1.70 bits per heavy atom. The summed E-state index contributed by atoms with van der Waals surface area (Å²) in [5.74, 6) is 0. The van der Waals surface area contributed by atoms with Gasteiger partial charge in [0, 0.05) is 0 Å². The minimum Gasteiger partial charge on any atom is -0.363 e. The smallest absolute Gasteiger partial charge is 0.363 e. The lowest BCUT2D eigenvalue weighted by Gasteiger charge is -2.11. The van der Waals surface area contributed by atoms with Crippen LogP contribution in [0.25, 0.3) is 0 Å². The molecule has 0 bridgehead atoms. The molecule has 0 aliphatic carbocycles. The van der Waals surface area contributed by atoms with Crippen LogP contribution in [0.5, 0.6) is 0 Å². The van der Waals surface area contributed by atoms with E-state index in [1.165, 1.54) is 0 Å². The van der Waals surface area contributed by atoms with E-state index in [0.29, 0.717) is 0 Å². The van der Waals surface area contributed by atoms with Crippen molar-refractivity contribution in [2.75, 3.05) is 0 Å². The molecular weight excluding hydrogens is 163 g/mol. The van der Waals surface area contributed by atoms with Crippen molar-refractivity contribution in [2.24, 2.45) is 0 Å². The molecule has 1 N–H and O–H groups in total. The van der Waals surface area contributed by atoms with Crippen LogP contribution in [0.15, 0.2) is 0 Å². The van der Waals surface area contributed by atoms with Crippen molar-refractivity contribution in [2.45, 2.75) is 19.1 Å². The third kappa shape index (κ3) is 4.45. The molecule has 0 aliphatic rings. The molecule has 0 aromatic carbocycles. The van der Waals surface area contributed by atoms with Crippen LogP contribution in [0.2, 0.25) is 0 Å². The fraction of sp³-hybridized carbons (Fsp3) is 1.00. The molecule has 0 amide bonds. The molecule has 62 valence electrons. The largest absolute Gasteiger partial charge is 0.524 e. The van der Waals surface area contributed by atoms with E-state index in [9.17, 15) is 22.0 Å². The van der Waals surface area contributed by atoms with Crippen molar-refractivity contribution in [3.63, 3.8) is 0 Å². The van der Waals surface area contributed by atoms with E-state index >= 15 is 0 Å². The molecule has 0 heterocycles. The summed E-state index contributed by atoms with van der Waals surface area (Å²) >= 11 is 0. The van der Waals surface area contributed by atoms with Crippen molar-refractivity contribution in [3.8, 4) is 0 Å². The summed E-state index contributed by atoms with van der Waals surface area (Å²) in [6.45, 7) is 0. The van der Waals surface area contributed by atoms with Gasteiger partial charge in [0.05, 0.1) is 0 Å². The molecular formula is C3H3F5O2. The first-order valence-electron chi connectivity index (χ1n) is 2.03. The zero-order valence-corrected chi connectivity index (χ0v) is 4.40. The molecule has 10 heavy (non-hydrogen) atoms. The van der Waals surface area contributed by atoms with Crippen LogP contribution in [-0.2, 0) is 4.74 Å². The zero-order chi connectivity index (χ0) is 8.36. The summed E-state index contributed by atoms with van der Waals surface area (Å²) in [6.07, 6.45) is -11.9. The number of aliphatic hydroxyl groups is 1. The predicted molar refractivity (Wildman–Crippen MR) is 19.2 cm³/mol. The summed E-state index contributed by atoms with van der Waals surface area (Å²) in [6, 6.07) is 0. The first-order chi connectivity index (χ1) is 4.33. The minimum atomic E-state index is -5.23. The molecule has 0 aromatic heterocycles. The number of aliphatic hydroxyl groups excluding tert-OH is 1. The molecule has 0 aliphatic heterocycles. The van der Waals surface area contributed by atoms with Crippen LogP contribution < -0.4 is 0 Å². The highest BCUT2D eigenvalue weighted by molar-refractivity contribution is 4.42. The van der Waals surface area contributed by atoms with E-state index in [1.54, 1.807) is 0 Å². The number of hydrogen-bond acceptors (Lipinski definition) is 2. The molecule has 0 aromatic rings. The second-order valence-corrected chi connectivity index (χ2v) is 1.29. The van der Waals surface area contributed by atoms with E-state index in [4.69, 9.17) is 5.11 Å². The van der Waals surface area contributed by atoms with Crippen molar-refractivity contribution in [3.05, 3.63) is 0 Å². The van der Waals surface area contributed by atoms with Crippen LogP contribution in [0.4, 0.5) is 22.0 Å². The Kier molecular flexibility index (Phi) is 2.97. The molecule has 0 saturated heterocycles. The average Bonchev–Trinajstić information content (AvgIpc) is 1.60. The van der Waals surface area contributed by atoms with Gasteiger partial charge in [-0.3, -0.25) is 4.74 Å².